The van der Waals surface area contributed by atoms with Gasteiger partial charge in [0.15, 0.2) is 0 Å². The number of nitrogens with zero attached hydrogens (tertiary/aromatic N) is 1. The van der Waals surface area contributed by atoms with Crippen LogP contribution in [0, 0.1) is 10.1 Å². The molecule has 1 aromatic carbocycles. The topological polar surface area (TPSA) is 89.7 Å². The smallest absolute Gasteiger partial charge is 0.301 e. The maximum absolute atomic E-state index is 10.6. The number of benzene rings is 1. The van der Waals surface area contributed by atoms with Crippen molar-refractivity contribution in [2.45, 2.75) is 6.42 Å². The summed E-state index contributed by atoms with van der Waals surface area (Å²) in [6.07, 6.45) is -0.196. The van der Waals surface area contributed by atoms with Crippen LogP contribution in [0.15, 0.2) is 24.3 Å². The summed E-state index contributed by atoms with van der Waals surface area (Å²) >= 11 is 0. The predicted octanol–water partition coefficient (Wildman–Crippen LogP) is 1.15. The maximum Gasteiger partial charge on any atom is 0.346 e. The third-order valence-corrected chi connectivity index (χ3v) is 1.57. The molecule has 0 spiro atoms. The normalized spacial score (nSPS) is 9.50. The van der Waals surface area contributed by atoms with Gasteiger partial charge < -0.3 is 4.89 Å². The van der Waals surface area contributed by atoms with Crippen LogP contribution < -0.4 is 0 Å². The highest BCUT2D eigenvalue weighted by molar-refractivity contribution is 5.72. The molecule has 0 aliphatic rings. The Labute approximate surface area is 78.8 Å². The minimum atomic E-state index is -0.856. The van der Waals surface area contributed by atoms with Crippen molar-refractivity contribution in [2.24, 2.45) is 0 Å². The lowest BCUT2D eigenvalue weighted by Crippen LogP contribution is -2.04. The van der Waals surface area contributed by atoms with Gasteiger partial charge in [-0.2, -0.15) is 5.26 Å². The summed E-state index contributed by atoms with van der Waals surface area (Å²) in [5.74, 6) is -0.856. The molecule has 0 atom stereocenters. The fraction of sp³-hybridized carbons (Fsp3) is 0.125. The second-order valence-corrected chi connectivity index (χ2v) is 2.57. The average Bonchev–Trinajstić information content (AvgIpc) is 2.18. The predicted molar refractivity (Wildman–Crippen MR) is 45.5 cm³/mol. The van der Waals surface area contributed by atoms with E-state index in [-0.39, 0.29) is 12.1 Å². The first-order valence-corrected chi connectivity index (χ1v) is 3.71. The van der Waals surface area contributed by atoms with E-state index >= 15 is 0 Å². The van der Waals surface area contributed by atoms with Gasteiger partial charge in [0.25, 0.3) is 5.69 Å². The summed E-state index contributed by atoms with van der Waals surface area (Å²) in [7, 11) is 0. The van der Waals surface area contributed by atoms with Crippen LogP contribution in [0.5, 0.6) is 0 Å². The SMILES string of the molecule is O=C(Cc1cccc([N+](=O)[O-])c1)OO. The first-order valence-electron chi connectivity index (χ1n) is 3.71. The Morgan fingerprint density at radius 2 is 2.29 bits per heavy atom. The van der Waals surface area contributed by atoms with E-state index in [2.05, 4.69) is 4.89 Å². The zero-order chi connectivity index (χ0) is 10.6. The van der Waals surface area contributed by atoms with Crippen molar-refractivity contribution in [3.63, 3.8) is 0 Å². The number of non-ortho nitro benzene ring substituents is 1. The average molecular weight is 197 g/mol. The zero-order valence-electron chi connectivity index (χ0n) is 7.04. The second kappa shape index (κ2) is 4.33. The summed E-state index contributed by atoms with van der Waals surface area (Å²) in [6.45, 7) is 0. The molecule has 0 fully saturated rings. The van der Waals surface area contributed by atoms with E-state index in [1.807, 2.05) is 0 Å². The van der Waals surface area contributed by atoms with Crippen molar-refractivity contribution in [3.05, 3.63) is 39.9 Å². The van der Waals surface area contributed by atoms with E-state index < -0.39 is 10.9 Å². The van der Waals surface area contributed by atoms with E-state index in [9.17, 15) is 14.9 Å². The standard InChI is InChI=1S/C8H7NO5/c10-8(14-13)5-6-2-1-3-7(4-6)9(11)12/h1-4,13H,5H2. The Kier molecular flexibility index (Phi) is 3.14. The molecule has 0 aliphatic carbocycles. The van der Waals surface area contributed by atoms with Gasteiger partial charge in [0.05, 0.1) is 11.3 Å². The van der Waals surface area contributed by atoms with E-state index in [4.69, 9.17) is 5.26 Å². The maximum atomic E-state index is 10.6. The van der Waals surface area contributed by atoms with Crippen molar-refractivity contribution in [1.29, 1.82) is 0 Å². The number of carbonyl (C=O) groups is 1. The molecule has 0 heterocycles. The van der Waals surface area contributed by atoms with Crippen LogP contribution in [0.25, 0.3) is 0 Å². The Hall–Kier alpha value is -1.95. The van der Waals surface area contributed by atoms with Crippen LogP contribution in [0.1, 0.15) is 5.56 Å². The Balaban J connectivity index is 2.83. The van der Waals surface area contributed by atoms with Crippen molar-refractivity contribution in [1.82, 2.24) is 0 Å². The lowest BCUT2D eigenvalue weighted by Gasteiger charge is -1.97. The van der Waals surface area contributed by atoms with Crippen LogP contribution in [-0.2, 0) is 16.1 Å². The number of hydrogen-bond donors (Lipinski definition) is 1. The summed E-state index contributed by atoms with van der Waals surface area (Å²) in [5, 5.41) is 18.3. The van der Waals surface area contributed by atoms with Gasteiger partial charge in [-0.1, -0.05) is 12.1 Å². The monoisotopic (exact) mass is 197 g/mol. The number of rotatable bonds is 3. The molecule has 6 heteroatoms. The molecule has 0 aromatic heterocycles. The quantitative estimate of drug-likeness (QED) is 0.446. The van der Waals surface area contributed by atoms with Crippen LogP contribution in [-0.4, -0.2) is 16.1 Å². The number of carbonyl (C=O) groups excluding carboxylic acids is 1. The van der Waals surface area contributed by atoms with Crippen molar-refractivity contribution in [2.75, 3.05) is 0 Å². The molecule has 1 N–H and O–H groups in total. The van der Waals surface area contributed by atoms with Gasteiger partial charge >= 0.3 is 5.97 Å². The largest absolute Gasteiger partial charge is 0.346 e. The van der Waals surface area contributed by atoms with Crippen LogP contribution in [0.3, 0.4) is 0 Å². The second-order valence-electron chi connectivity index (χ2n) is 2.57. The van der Waals surface area contributed by atoms with Gasteiger partial charge in [0.2, 0.25) is 0 Å². The number of nitro benzene ring substituents is 1. The fourth-order valence-electron chi connectivity index (χ4n) is 0.979. The summed E-state index contributed by atoms with van der Waals surface area (Å²) in [6, 6.07) is 5.55. The van der Waals surface area contributed by atoms with E-state index in [1.54, 1.807) is 0 Å². The van der Waals surface area contributed by atoms with Crippen LogP contribution >= 0.6 is 0 Å². The van der Waals surface area contributed by atoms with Crippen molar-refractivity contribution < 1.29 is 19.9 Å². The molecule has 0 saturated heterocycles. The summed E-state index contributed by atoms with van der Waals surface area (Å²) in [4.78, 5) is 23.9. The summed E-state index contributed by atoms with van der Waals surface area (Å²) in [5.41, 5.74) is 0.312. The van der Waals surface area contributed by atoms with Crippen molar-refractivity contribution >= 4 is 11.7 Å². The molecule has 14 heavy (non-hydrogen) atoms. The molecule has 0 saturated carbocycles. The molecule has 0 aliphatic heterocycles. The minimum absolute atomic E-state index is 0.103. The van der Waals surface area contributed by atoms with Gasteiger partial charge in [-0.05, 0) is 5.56 Å². The van der Waals surface area contributed by atoms with Gasteiger partial charge in [-0.3, -0.25) is 10.1 Å². The first-order chi connectivity index (χ1) is 6.63. The first kappa shape index (κ1) is 10.1. The highest BCUT2D eigenvalue weighted by Gasteiger charge is 2.09. The fourth-order valence-corrected chi connectivity index (χ4v) is 0.979. The summed E-state index contributed by atoms with van der Waals surface area (Å²) < 4.78 is 0. The number of nitro groups is 1. The van der Waals surface area contributed by atoms with Crippen LogP contribution in [0.2, 0.25) is 0 Å². The molecule has 74 valence electrons. The van der Waals surface area contributed by atoms with Gasteiger partial charge in [-0.15, -0.1) is 0 Å². The molecule has 1 rings (SSSR count). The van der Waals surface area contributed by atoms with E-state index in [1.165, 1.54) is 24.3 Å². The molecule has 0 bridgehead atoms. The van der Waals surface area contributed by atoms with E-state index in [0.29, 0.717) is 5.56 Å². The minimum Gasteiger partial charge on any atom is -0.301 e. The van der Waals surface area contributed by atoms with Crippen LogP contribution in [0.4, 0.5) is 5.69 Å². The third kappa shape index (κ3) is 2.53. The lowest BCUT2D eigenvalue weighted by atomic mass is 10.1. The Bertz CT molecular complexity index is 363. The number of hydrogen-bond acceptors (Lipinski definition) is 5. The van der Waals surface area contributed by atoms with Gasteiger partial charge in [0, 0.05) is 12.1 Å². The molecule has 6 nitrogen and oxygen atoms in total. The third-order valence-electron chi connectivity index (χ3n) is 1.57. The molecule has 0 radical (unpaired) electrons. The molecular formula is C8H7NO5. The lowest BCUT2D eigenvalue weighted by molar-refractivity contribution is -0.384. The zero-order valence-corrected chi connectivity index (χ0v) is 7.04. The van der Waals surface area contributed by atoms with Gasteiger partial charge in [-0.25, -0.2) is 4.79 Å². The Morgan fingerprint density at radius 1 is 1.57 bits per heavy atom. The highest BCUT2D eigenvalue weighted by Crippen LogP contribution is 2.13. The molecule has 0 amide bonds. The highest BCUT2D eigenvalue weighted by atomic mass is 17.1. The molecule has 1 aromatic rings. The van der Waals surface area contributed by atoms with E-state index in [0.717, 1.165) is 0 Å². The Morgan fingerprint density at radius 3 is 2.86 bits per heavy atom. The molecule has 0 unspecified atom stereocenters. The van der Waals surface area contributed by atoms with Gasteiger partial charge in [0.1, 0.15) is 0 Å². The van der Waals surface area contributed by atoms with Crippen molar-refractivity contribution in [3.8, 4) is 0 Å². The molecular weight excluding hydrogens is 190 g/mol.